The standard InChI is InChI=1S/C21H40O3.C18H32O.C15H25N3OS.3C2H6/c1-3-5-7-9-10-13-17-20(16-12-8-6-4-2)24-21(23)18-14-11-15-19-22;1-2-3-4-5-6-7-8-9-10-11-12-13-14-15-16-17-18-19;1-11-14(15(19)16-7-5-8-17(2)3)12-6-9-18(4)10-13(12)20-11;3*1-2/h19-20H,3-18H2,1-2H3;6-7,9-10,18H,2-5,8,11-17H2,1H3;5-10H2,1-4H3,(H,16,19);3*1-2H3/b;7-6-,10-9-;;;;. The summed E-state index contributed by atoms with van der Waals surface area (Å²) in [4.78, 5) is 51.8. The van der Waals surface area contributed by atoms with E-state index >= 15 is 0 Å². The zero-order chi connectivity index (χ0) is 52.6. The van der Waals surface area contributed by atoms with Gasteiger partial charge in [-0.3, -0.25) is 9.59 Å². The Hall–Kier alpha value is -2.62. The highest BCUT2D eigenvalue weighted by Crippen LogP contribution is 2.32. The molecule has 2 rings (SSSR count). The summed E-state index contributed by atoms with van der Waals surface area (Å²) in [6.07, 6.45) is 44.8. The molecule has 1 atom stereocenters. The fourth-order valence-electron chi connectivity index (χ4n) is 7.65. The van der Waals surface area contributed by atoms with Crippen molar-refractivity contribution in [1.29, 1.82) is 0 Å². The van der Waals surface area contributed by atoms with Gasteiger partial charge < -0.3 is 29.4 Å². The number of carbonyl (C=O) groups excluding carboxylic acids is 4. The lowest BCUT2D eigenvalue weighted by atomic mass is 10.0. The number of ether oxygens (including phenoxy) is 1. The fourth-order valence-corrected chi connectivity index (χ4v) is 8.94. The van der Waals surface area contributed by atoms with Crippen LogP contribution in [0, 0.1) is 6.92 Å². The van der Waals surface area contributed by atoms with Crippen LogP contribution in [0.4, 0.5) is 0 Å². The number of amides is 1. The average Bonchev–Trinajstić information content (AvgIpc) is 3.69. The molecular formula is C60H115N3O5S. The molecule has 0 saturated carbocycles. The van der Waals surface area contributed by atoms with Crippen LogP contribution in [0.5, 0.6) is 0 Å². The summed E-state index contributed by atoms with van der Waals surface area (Å²) in [6, 6.07) is 0. The number of fused-ring (bicyclic) bond motifs is 1. The molecule has 1 aliphatic heterocycles. The number of likely N-dealkylation sites (N-methyl/N-ethyl adjacent to an activating group) is 1. The van der Waals surface area contributed by atoms with Crippen LogP contribution in [0.15, 0.2) is 24.3 Å². The third-order valence-corrected chi connectivity index (χ3v) is 12.6. The topological polar surface area (TPSA) is 96.0 Å². The molecule has 2 heterocycles. The Kier molecular flexibility index (Phi) is 63.1. The molecule has 1 amide bonds. The van der Waals surface area contributed by atoms with Gasteiger partial charge in [-0.25, -0.2) is 0 Å². The summed E-state index contributed by atoms with van der Waals surface area (Å²) < 4.78 is 5.71. The Bertz CT molecular complexity index is 1310. The van der Waals surface area contributed by atoms with Gasteiger partial charge in [0.15, 0.2) is 0 Å². The number of thiophene rings is 1. The lowest BCUT2D eigenvalue weighted by molar-refractivity contribution is -0.150. The van der Waals surface area contributed by atoms with Gasteiger partial charge in [0.2, 0.25) is 0 Å². The van der Waals surface area contributed by atoms with Crippen molar-refractivity contribution in [2.75, 3.05) is 40.8 Å². The van der Waals surface area contributed by atoms with Gasteiger partial charge >= 0.3 is 5.97 Å². The smallest absolute Gasteiger partial charge is 0.306 e. The van der Waals surface area contributed by atoms with Gasteiger partial charge in [-0.1, -0.05) is 170 Å². The summed E-state index contributed by atoms with van der Waals surface area (Å²) in [7, 11) is 6.24. The molecule has 0 aromatic carbocycles. The van der Waals surface area contributed by atoms with Crippen LogP contribution < -0.4 is 5.32 Å². The molecular weight excluding hydrogens is 875 g/mol. The van der Waals surface area contributed by atoms with Crippen molar-refractivity contribution in [3.63, 3.8) is 0 Å². The number of carbonyl (C=O) groups is 4. The molecule has 0 fully saturated rings. The van der Waals surface area contributed by atoms with Crippen LogP contribution >= 0.6 is 11.3 Å². The van der Waals surface area contributed by atoms with Crippen molar-refractivity contribution in [3.05, 3.63) is 45.2 Å². The zero-order valence-electron chi connectivity index (χ0n) is 47.9. The maximum Gasteiger partial charge on any atom is 0.306 e. The Morgan fingerprint density at radius 3 is 1.65 bits per heavy atom. The van der Waals surface area contributed by atoms with Gasteiger partial charge in [-0.15, -0.1) is 11.3 Å². The molecule has 1 unspecified atom stereocenters. The van der Waals surface area contributed by atoms with E-state index < -0.39 is 0 Å². The van der Waals surface area contributed by atoms with E-state index in [2.05, 4.69) is 88.3 Å². The number of nitrogens with one attached hydrogen (secondary N) is 1. The number of nitrogens with zero attached hydrogens (tertiary/aromatic N) is 2. The SMILES string of the molecule is CC.CC.CC.CCCCC/C=C\C/C=C\CCCCCCCC=O.CCCCCCCCC(CCCCCC)OC(=O)CCCCC=O.Cc1sc2c(c1C(=O)NCCCN(C)C)CCN(C)C2. The van der Waals surface area contributed by atoms with E-state index in [0.29, 0.717) is 12.8 Å². The highest BCUT2D eigenvalue weighted by Gasteiger charge is 2.25. The second-order valence-electron chi connectivity index (χ2n) is 18.0. The minimum absolute atomic E-state index is 0.0765. The predicted molar refractivity (Wildman–Crippen MR) is 305 cm³/mol. The van der Waals surface area contributed by atoms with Gasteiger partial charge in [0.25, 0.3) is 5.91 Å². The van der Waals surface area contributed by atoms with Crippen LogP contribution in [0.3, 0.4) is 0 Å². The second kappa shape index (κ2) is 59.7. The van der Waals surface area contributed by atoms with E-state index in [1.54, 1.807) is 11.3 Å². The second-order valence-corrected chi connectivity index (χ2v) is 19.3. The summed E-state index contributed by atoms with van der Waals surface area (Å²) >= 11 is 1.78. The normalized spacial score (nSPS) is 12.1. The van der Waals surface area contributed by atoms with Crippen LogP contribution in [0.2, 0.25) is 0 Å². The maximum absolute atomic E-state index is 12.4. The summed E-state index contributed by atoms with van der Waals surface area (Å²) in [5.74, 6) is 0.0377. The largest absolute Gasteiger partial charge is 0.462 e. The number of aldehydes is 2. The summed E-state index contributed by atoms with van der Waals surface area (Å²) in [6.45, 7) is 24.5. The van der Waals surface area contributed by atoms with Gasteiger partial charge in [0.05, 0.1) is 5.56 Å². The first-order chi connectivity index (χ1) is 33.6. The van der Waals surface area contributed by atoms with E-state index in [1.807, 2.05) is 41.5 Å². The predicted octanol–water partition coefficient (Wildman–Crippen LogP) is 17.2. The van der Waals surface area contributed by atoms with Crippen LogP contribution in [-0.4, -0.2) is 81.1 Å². The number of unbranched alkanes of at least 4 members (excludes halogenated alkanes) is 19. The number of hydrogen-bond acceptors (Lipinski definition) is 8. The van der Waals surface area contributed by atoms with Crippen molar-refractivity contribution in [3.8, 4) is 0 Å². The minimum atomic E-state index is -0.0765. The lowest BCUT2D eigenvalue weighted by Crippen LogP contribution is -2.30. The molecule has 8 nitrogen and oxygen atoms in total. The minimum Gasteiger partial charge on any atom is -0.462 e. The molecule has 0 spiro atoms. The average molecular weight is 991 g/mol. The maximum atomic E-state index is 12.4. The van der Waals surface area contributed by atoms with E-state index in [0.717, 1.165) is 113 Å². The Labute approximate surface area is 433 Å². The van der Waals surface area contributed by atoms with Crippen LogP contribution in [0.1, 0.15) is 274 Å². The Morgan fingerprint density at radius 2 is 1.12 bits per heavy atom. The van der Waals surface area contributed by atoms with E-state index in [1.165, 1.54) is 126 Å². The van der Waals surface area contributed by atoms with Crippen molar-refractivity contribution in [2.24, 2.45) is 0 Å². The van der Waals surface area contributed by atoms with E-state index in [9.17, 15) is 19.2 Å². The van der Waals surface area contributed by atoms with Crippen LogP contribution in [-0.2, 0) is 32.1 Å². The highest BCUT2D eigenvalue weighted by atomic mass is 32.1. The number of aryl methyl sites for hydroxylation is 1. The molecule has 69 heavy (non-hydrogen) atoms. The molecule has 0 saturated heterocycles. The number of rotatable bonds is 37. The summed E-state index contributed by atoms with van der Waals surface area (Å²) in [5.41, 5.74) is 2.23. The van der Waals surface area contributed by atoms with Gasteiger partial charge in [0, 0.05) is 48.7 Å². The zero-order valence-corrected chi connectivity index (χ0v) is 48.7. The third kappa shape index (κ3) is 48.8. The van der Waals surface area contributed by atoms with Crippen molar-refractivity contribution in [2.45, 2.75) is 275 Å². The van der Waals surface area contributed by atoms with Crippen LogP contribution in [0.25, 0.3) is 0 Å². The molecule has 1 N–H and O–H groups in total. The fraction of sp³-hybridized carbons (Fsp3) is 0.800. The Balaban J connectivity index is -0.000000437. The molecule has 0 radical (unpaired) electrons. The first kappa shape index (κ1) is 72.9. The van der Waals surface area contributed by atoms with E-state index in [4.69, 9.17) is 4.74 Å². The number of allylic oxidation sites excluding steroid dienone is 4. The number of esters is 1. The van der Waals surface area contributed by atoms with Gasteiger partial charge in [0.1, 0.15) is 18.7 Å². The monoisotopic (exact) mass is 990 g/mol. The molecule has 1 aromatic heterocycles. The van der Waals surface area contributed by atoms with Gasteiger partial charge in [-0.2, -0.15) is 0 Å². The van der Waals surface area contributed by atoms with E-state index in [-0.39, 0.29) is 18.0 Å². The molecule has 1 aromatic rings. The molecule has 0 aliphatic carbocycles. The molecule has 0 bridgehead atoms. The summed E-state index contributed by atoms with van der Waals surface area (Å²) in [5, 5.41) is 3.07. The molecule has 406 valence electrons. The quantitative estimate of drug-likeness (QED) is 0.0307. The van der Waals surface area contributed by atoms with Crippen molar-refractivity contribution < 1.29 is 23.9 Å². The molecule has 9 heteroatoms. The van der Waals surface area contributed by atoms with Crippen molar-refractivity contribution >= 4 is 35.8 Å². The Morgan fingerprint density at radius 1 is 0.652 bits per heavy atom. The highest BCUT2D eigenvalue weighted by molar-refractivity contribution is 7.12. The number of hydrogen-bond donors (Lipinski definition) is 1. The third-order valence-electron chi connectivity index (χ3n) is 11.5. The molecule has 1 aliphatic rings. The first-order valence-corrected chi connectivity index (χ1v) is 29.6. The van der Waals surface area contributed by atoms with Gasteiger partial charge in [-0.05, 0) is 130 Å². The lowest BCUT2D eigenvalue weighted by Gasteiger charge is -2.22. The van der Waals surface area contributed by atoms with Crippen molar-refractivity contribution in [1.82, 2.24) is 15.1 Å². The first-order valence-electron chi connectivity index (χ1n) is 28.7.